The van der Waals surface area contributed by atoms with Crippen molar-refractivity contribution in [3.63, 3.8) is 0 Å². The fraction of sp³-hybridized carbons (Fsp3) is 0.692. The van der Waals surface area contributed by atoms with Crippen LogP contribution in [0.3, 0.4) is 0 Å². The number of nitrogens with zero attached hydrogens (tertiary/aromatic N) is 3. The Morgan fingerprint density at radius 3 is 2.53 bits per heavy atom. The molecule has 2 aliphatic rings. The topological polar surface area (TPSA) is 29.0 Å². The van der Waals surface area contributed by atoms with Crippen molar-refractivity contribution in [2.24, 2.45) is 0 Å². The van der Waals surface area contributed by atoms with Gasteiger partial charge in [0.05, 0.1) is 11.7 Å². The average molecular weight is 235 g/mol. The third-order valence-corrected chi connectivity index (χ3v) is 3.92. The third kappa shape index (κ3) is 2.13. The lowest BCUT2D eigenvalue weighted by atomic mass is 10.2. The Hall–Kier alpha value is -1.19. The molecule has 92 valence electrons. The molecule has 3 rings (SSSR count). The van der Waals surface area contributed by atoms with Gasteiger partial charge in [-0.05, 0) is 44.2 Å². The van der Waals surface area contributed by atoms with E-state index in [1.165, 1.54) is 12.8 Å². The lowest BCUT2D eigenvalue weighted by Crippen LogP contribution is -2.36. The van der Waals surface area contributed by atoms with Crippen LogP contribution in [-0.4, -0.2) is 29.5 Å². The molecule has 17 heavy (non-hydrogen) atoms. The van der Waals surface area contributed by atoms with E-state index in [1.54, 1.807) is 0 Å². The molecule has 1 heterocycles. The highest BCUT2D eigenvalue weighted by molar-refractivity contribution is 5.39. The van der Waals surface area contributed by atoms with E-state index in [0.29, 0.717) is 12.3 Å². The fourth-order valence-corrected chi connectivity index (χ4v) is 2.62. The first-order chi connectivity index (χ1) is 8.25. The van der Waals surface area contributed by atoms with Crippen molar-refractivity contribution in [3.05, 3.63) is 17.8 Å². The molecule has 2 aliphatic carbocycles. The second-order valence-corrected chi connectivity index (χ2v) is 5.22. The quantitative estimate of drug-likeness (QED) is 0.806. The van der Waals surface area contributed by atoms with Gasteiger partial charge in [0.2, 0.25) is 0 Å². The Morgan fingerprint density at radius 2 is 2.00 bits per heavy atom. The van der Waals surface area contributed by atoms with E-state index in [1.807, 2.05) is 24.1 Å². The minimum atomic E-state index is -0.718. The van der Waals surface area contributed by atoms with Gasteiger partial charge in [0.1, 0.15) is 6.17 Å². The van der Waals surface area contributed by atoms with Crippen LogP contribution < -0.4 is 4.90 Å². The highest BCUT2D eigenvalue weighted by Gasteiger charge is 2.31. The maximum absolute atomic E-state index is 13.7. The minimum Gasteiger partial charge on any atom is -0.352 e. The summed E-state index contributed by atoms with van der Waals surface area (Å²) in [5.74, 6) is 1.42. The molecule has 3 nitrogen and oxygen atoms in total. The summed E-state index contributed by atoms with van der Waals surface area (Å²) in [7, 11) is 1.92. The van der Waals surface area contributed by atoms with E-state index in [9.17, 15) is 4.39 Å². The Bertz CT molecular complexity index is 388. The first-order valence-corrected chi connectivity index (χ1v) is 6.46. The predicted molar refractivity (Wildman–Crippen MR) is 64.9 cm³/mol. The summed E-state index contributed by atoms with van der Waals surface area (Å²) in [6, 6.07) is 4.00. The summed E-state index contributed by atoms with van der Waals surface area (Å²) < 4.78 is 13.7. The summed E-state index contributed by atoms with van der Waals surface area (Å²) in [6.07, 6.45) is 4.33. The van der Waals surface area contributed by atoms with Crippen LogP contribution in [-0.2, 0) is 0 Å². The largest absolute Gasteiger partial charge is 0.352 e. The van der Waals surface area contributed by atoms with Crippen LogP contribution >= 0.6 is 0 Å². The molecule has 0 spiro atoms. The SMILES string of the molecule is CN(c1ccc(C2CC2)nn1)[C@@H]1CCC[C@H]1F. The number of hydrogen-bond acceptors (Lipinski definition) is 3. The second-order valence-electron chi connectivity index (χ2n) is 5.22. The molecule has 0 radical (unpaired) electrons. The fourth-order valence-electron chi connectivity index (χ4n) is 2.62. The van der Waals surface area contributed by atoms with Crippen molar-refractivity contribution in [1.29, 1.82) is 0 Å². The molecule has 0 N–H and O–H groups in total. The van der Waals surface area contributed by atoms with Crippen molar-refractivity contribution in [2.75, 3.05) is 11.9 Å². The first kappa shape index (κ1) is 10.9. The number of halogens is 1. The maximum atomic E-state index is 13.7. The summed E-state index contributed by atoms with van der Waals surface area (Å²) in [6.45, 7) is 0. The monoisotopic (exact) mass is 235 g/mol. The molecule has 0 saturated heterocycles. The standard InChI is InChI=1S/C13H18FN3/c1-17(12-4-2-3-10(12)14)13-8-7-11(15-16-13)9-5-6-9/h7-10,12H,2-6H2,1H3/t10-,12-/m1/s1. The maximum Gasteiger partial charge on any atom is 0.151 e. The predicted octanol–water partition coefficient (Wildman–Crippen LogP) is 2.68. The zero-order valence-corrected chi connectivity index (χ0v) is 10.1. The van der Waals surface area contributed by atoms with E-state index in [-0.39, 0.29) is 6.04 Å². The highest BCUT2D eigenvalue weighted by Crippen LogP contribution is 2.39. The lowest BCUT2D eigenvalue weighted by Gasteiger charge is -2.26. The summed E-state index contributed by atoms with van der Waals surface area (Å²) in [5.41, 5.74) is 1.09. The van der Waals surface area contributed by atoms with Gasteiger partial charge in [0, 0.05) is 13.0 Å². The van der Waals surface area contributed by atoms with Crippen LogP contribution in [0.4, 0.5) is 10.2 Å². The van der Waals surface area contributed by atoms with Crippen LogP contribution in [0.5, 0.6) is 0 Å². The van der Waals surface area contributed by atoms with Gasteiger partial charge in [0.15, 0.2) is 5.82 Å². The molecule has 2 fully saturated rings. The van der Waals surface area contributed by atoms with E-state index in [2.05, 4.69) is 10.2 Å². The molecule has 1 aromatic rings. The third-order valence-electron chi connectivity index (χ3n) is 3.92. The molecule has 4 heteroatoms. The number of anilines is 1. The van der Waals surface area contributed by atoms with Crippen molar-refractivity contribution in [3.8, 4) is 0 Å². The average Bonchev–Trinajstić information content (AvgIpc) is 3.12. The molecule has 2 saturated carbocycles. The first-order valence-electron chi connectivity index (χ1n) is 6.46. The van der Waals surface area contributed by atoms with Gasteiger partial charge in [-0.2, -0.15) is 5.10 Å². The van der Waals surface area contributed by atoms with Crippen LogP contribution in [0.2, 0.25) is 0 Å². The van der Waals surface area contributed by atoms with Crippen molar-refractivity contribution < 1.29 is 4.39 Å². The molecule has 0 unspecified atom stereocenters. The Morgan fingerprint density at radius 1 is 1.18 bits per heavy atom. The van der Waals surface area contributed by atoms with Crippen LogP contribution in [0.1, 0.15) is 43.7 Å². The molecule has 0 amide bonds. The number of rotatable bonds is 3. The Labute approximate surface area is 101 Å². The van der Waals surface area contributed by atoms with E-state index >= 15 is 0 Å². The Kier molecular flexibility index (Phi) is 2.73. The van der Waals surface area contributed by atoms with Crippen LogP contribution in [0.25, 0.3) is 0 Å². The number of aromatic nitrogens is 2. The molecule has 0 aliphatic heterocycles. The number of alkyl halides is 1. The van der Waals surface area contributed by atoms with E-state index < -0.39 is 6.17 Å². The smallest absolute Gasteiger partial charge is 0.151 e. The molecular formula is C13H18FN3. The normalized spacial score (nSPS) is 28.4. The zero-order valence-electron chi connectivity index (χ0n) is 10.1. The Balaban J connectivity index is 1.73. The number of hydrogen-bond donors (Lipinski definition) is 0. The molecule has 2 atom stereocenters. The van der Waals surface area contributed by atoms with Crippen molar-refractivity contribution in [2.45, 2.75) is 50.2 Å². The van der Waals surface area contributed by atoms with Crippen molar-refractivity contribution >= 4 is 5.82 Å². The lowest BCUT2D eigenvalue weighted by molar-refractivity contribution is 0.306. The van der Waals surface area contributed by atoms with E-state index in [0.717, 1.165) is 24.4 Å². The summed E-state index contributed by atoms with van der Waals surface area (Å²) in [5, 5.41) is 8.47. The second kappa shape index (κ2) is 4.24. The molecule has 0 aromatic carbocycles. The van der Waals surface area contributed by atoms with Gasteiger partial charge in [-0.15, -0.1) is 5.10 Å². The minimum absolute atomic E-state index is 0.0175. The van der Waals surface area contributed by atoms with Gasteiger partial charge < -0.3 is 4.90 Å². The van der Waals surface area contributed by atoms with Gasteiger partial charge in [-0.1, -0.05) is 0 Å². The van der Waals surface area contributed by atoms with Crippen LogP contribution in [0.15, 0.2) is 12.1 Å². The van der Waals surface area contributed by atoms with Gasteiger partial charge in [-0.25, -0.2) is 4.39 Å². The van der Waals surface area contributed by atoms with Gasteiger partial charge >= 0.3 is 0 Å². The van der Waals surface area contributed by atoms with Crippen LogP contribution in [0, 0.1) is 0 Å². The van der Waals surface area contributed by atoms with Gasteiger partial charge in [0.25, 0.3) is 0 Å². The zero-order chi connectivity index (χ0) is 11.8. The molecule has 1 aromatic heterocycles. The summed E-state index contributed by atoms with van der Waals surface area (Å²) >= 11 is 0. The molecule has 0 bridgehead atoms. The van der Waals surface area contributed by atoms with Gasteiger partial charge in [-0.3, -0.25) is 0 Å². The highest BCUT2D eigenvalue weighted by atomic mass is 19.1. The van der Waals surface area contributed by atoms with E-state index in [4.69, 9.17) is 0 Å². The van der Waals surface area contributed by atoms with Crippen molar-refractivity contribution in [1.82, 2.24) is 10.2 Å². The molecular weight excluding hydrogens is 217 g/mol. The summed E-state index contributed by atoms with van der Waals surface area (Å²) in [4.78, 5) is 1.95.